The van der Waals surface area contributed by atoms with Crippen LogP contribution in [0, 0.1) is 11.3 Å². The van der Waals surface area contributed by atoms with Gasteiger partial charge in [0.05, 0.1) is 27.4 Å². The molecule has 0 amide bonds. The largest absolute Gasteiger partial charge is 0.423 e. The molecule has 0 fully saturated rings. The second-order valence-electron chi connectivity index (χ2n) is 8.36. The van der Waals surface area contributed by atoms with Gasteiger partial charge in [-0.1, -0.05) is 35.1 Å². The number of aromatic nitrogens is 5. The maximum atomic E-state index is 12.6. The molecular formula is C27H17ClN8O2S. The molecule has 10 nitrogen and oxygen atoms in total. The SMILES string of the molecule is Cn1c(=O)cc(Oc2nc(Nc3ccc(C#N)cc3)nc(Nc3nc4ccc(Cl)cc4s3)n2)c2ccccc21. The number of hydrogen-bond acceptors (Lipinski definition) is 10. The van der Waals surface area contributed by atoms with Crippen molar-refractivity contribution in [3.8, 4) is 17.8 Å². The summed E-state index contributed by atoms with van der Waals surface area (Å²) in [5.41, 5.74) is 2.43. The topological polar surface area (TPSA) is 131 Å². The molecule has 0 saturated carbocycles. The summed E-state index contributed by atoms with van der Waals surface area (Å²) in [4.78, 5) is 30.5. The predicted octanol–water partition coefficient (Wildman–Crippen LogP) is 6.14. The van der Waals surface area contributed by atoms with Crippen LogP contribution < -0.4 is 20.9 Å². The molecule has 0 aliphatic carbocycles. The molecule has 3 aromatic carbocycles. The van der Waals surface area contributed by atoms with Crippen LogP contribution in [0.2, 0.25) is 5.02 Å². The lowest BCUT2D eigenvalue weighted by Crippen LogP contribution is -2.16. The minimum atomic E-state index is -0.236. The number of nitrogens with zero attached hydrogens (tertiary/aromatic N) is 6. The summed E-state index contributed by atoms with van der Waals surface area (Å²) in [5, 5.41) is 17.2. The van der Waals surface area contributed by atoms with Crippen molar-refractivity contribution in [2.75, 3.05) is 10.6 Å². The smallest absolute Gasteiger partial charge is 0.328 e. The summed E-state index contributed by atoms with van der Waals surface area (Å²) in [6.45, 7) is 0. The second kappa shape index (κ2) is 10.0. The van der Waals surface area contributed by atoms with Crippen LogP contribution >= 0.6 is 22.9 Å². The first-order valence-corrected chi connectivity index (χ1v) is 12.8. The number of hydrogen-bond donors (Lipinski definition) is 2. The van der Waals surface area contributed by atoms with Gasteiger partial charge in [0.1, 0.15) is 5.75 Å². The average Bonchev–Trinajstić information content (AvgIpc) is 3.33. The second-order valence-corrected chi connectivity index (χ2v) is 9.83. The van der Waals surface area contributed by atoms with Crippen molar-refractivity contribution in [1.29, 1.82) is 5.26 Å². The highest BCUT2D eigenvalue weighted by Crippen LogP contribution is 2.31. The van der Waals surface area contributed by atoms with Crippen molar-refractivity contribution in [2.24, 2.45) is 7.05 Å². The highest BCUT2D eigenvalue weighted by Gasteiger charge is 2.15. The lowest BCUT2D eigenvalue weighted by atomic mass is 10.2. The van der Waals surface area contributed by atoms with Gasteiger partial charge in [0.2, 0.25) is 11.9 Å². The Labute approximate surface area is 230 Å². The van der Waals surface area contributed by atoms with Crippen LogP contribution in [0.5, 0.6) is 11.8 Å². The number of pyridine rings is 1. The Morgan fingerprint density at radius 3 is 2.51 bits per heavy atom. The van der Waals surface area contributed by atoms with Gasteiger partial charge in [-0.2, -0.15) is 20.2 Å². The van der Waals surface area contributed by atoms with Gasteiger partial charge in [-0.25, -0.2) is 4.98 Å². The zero-order chi connectivity index (χ0) is 26.9. The summed E-state index contributed by atoms with van der Waals surface area (Å²) < 4.78 is 8.50. The maximum Gasteiger partial charge on any atom is 0.328 e. The van der Waals surface area contributed by atoms with Gasteiger partial charge in [-0.3, -0.25) is 10.1 Å². The third-order valence-corrected chi connectivity index (χ3v) is 6.94. The molecule has 3 aromatic heterocycles. The van der Waals surface area contributed by atoms with Gasteiger partial charge in [0.25, 0.3) is 5.56 Å². The van der Waals surface area contributed by atoms with E-state index in [4.69, 9.17) is 21.6 Å². The molecule has 0 atom stereocenters. The molecule has 2 N–H and O–H groups in total. The Hall–Kier alpha value is -5.05. The number of nitriles is 1. The molecule has 3 heterocycles. The molecule has 0 bridgehead atoms. The molecule has 12 heteroatoms. The van der Waals surface area contributed by atoms with E-state index in [9.17, 15) is 4.79 Å². The molecule has 0 saturated heterocycles. The number of benzene rings is 3. The van der Waals surface area contributed by atoms with E-state index in [2.05, 4.69) is 36.6 Å². The van der Waals surface area contributed by atoms with Crippen LogP contribution in [0.4, 0.5) is 22.7 Å². The van der Waals surface area contributed by atoms with E-state index >= 15 is 0 Å². The monoisotopic (exact) mass is 552 g/mol. The number of ether oxygens (including phenoxy) is 1. The number of fused-ring (bicyclic) bond motifs is 2. The van der Waals surface area contributed by atoms with E-state index in [0.717, 1.165) is 15.6 Å². The summed E-state index contributed by atoms with van der Waals surface area (Å²) in [7, 11) is 1.70. The van der Waals surface area contributed by atoms with Crippen molar-refractivity contribution in [3.63, 3.8) is 0 Å². The fourth-order valence-corrected chi connectivity index (χ4v) is 5.02. The Balaban J connectivity index is 1.40. The van der Waals surface area contributed by atoms with Crippen molar-refractivity contribution >= 4 is 66.8 Å². The molecule has 0 radical (unpaired) electrons. The average molecular weight is 553 g/mol. The van der Waals surface area contributed by atoms with Crippen LogP contribution in [0.25, 0.3) is 21.1 Å². The minimum Gasteiger partial charge on any atom is -0.423 e. The molecule has 0 unspecified atom stereocenters. The Morgan fingerprint density at radius 1 is 0.949 bits per heavy atom. The number of aryl methyl sites for hydroxylation is 1. The highest BCUT2D eigenvalue weighted by molar-refractivity contribution is 7.22. The van der Waals surface area contributed by atoms with Gasteiger partial charge < -0.3 is 14.6 Å². The standard InChI is InChI=1S/C27H17ClN8O2S/c1-36-20-5-3-2-4-18(20)21(13-23(36)37)38-26-33-24(30-17-9-6-15(14-29)7-10-17)32-25(34-26)35-27-31-19-11-8-16(28)12-22(19)39-27/h2-13H,1H3,(H2,30,31,32,33,34,35). The predicted molar refractivity (Wildman–Crippen MR) is 151 cm³/mol. The van der Waals surface area contributed by atoms with E-state index < -0.39 is 0 Å². The van der Waals surface area contributed by atoms with E-state index in [1.165, 1.54) is 17.4 Å². The number of thiazole rings is 1. The molecule has 6 rings (SSSR count). The normalized spacial score (nSPS) is 10.9. The fraction of sp³-hybridized carbons (Fsp3) is 0.0370. The first-order chi connectivity index (χ1) is 18.9. The lowest BCUT2D eigenvalue weighted by molar-refractivity contribution is 0.445. The summed E-state index contributed by atoms with van der Waals surface area (Å²) in [6, 6.07) is 23.1. The van der Waals surface area contributed by atoms with Gasteiger partial charge in [-0.05, 0) is 54.6 Å². The molecule has 190 valence electrons. The molecular weight excluding hydrogens is 536 g/mol. The maximum absolute atomic E-state index is 12.6. The Bertz CT molecular complexity index is 1960. The molecule has 6 aromatic rings. The van der Waals surface area contributed by atoms with Crippen molar-refractivity contribution in [2.45, 2.75) is 0 Å². The van der Waals surface area contributed by atoms with Crippen molar-refractivity contribution in [3.05, 3.63) is 93.7 Å². The van der Waals surface area contributed by atoms with Crippen LogP contribution in [0.15, 0.2) is 77.6 Å². The summed E-state index contributed by atoms with van der Waals surface area (Å²) >= 11 is 7.52. The minimum absolute atomic E-state index is 0.0359. The van der Waals surface area contributed by atoms with Crippen LogP contribution in [-0.2, 0) is 7.05 Å². The quantitative estimate of drug-likeness (QED) is 0.250. The van der Waals surface area contributed by atoms with Crippen molar-refractivity contribution < 1.29 is 4.74 Å². The number of nitrogens with one attached hydrogen (secondary N) is 2. The van der Waals surface area contributed by atoms with Gasteiger partial charge in [0.15, 0.2) is 5.13 Å². The highest BCUT2D eigenvalue weighted by atomic mass is 35.5. The zero-order valence-corrected chi connectivity index (χ0v) is 21.8. The van der Waals surface area contributed by atoms with E-state index in [0.29, 0.717) is 32.7 Å². The number of anilines is 4. The summed E-state index contributed by atoms with van der Waals surface area (Å²) in [6.07, 6.45) is 0. The Morgan fingerprint density at radius 2 is 1.72 bits per heavy atom. The third-order valence-electron chi connectivity index (χ3n) is 5.77. The molecule has 0 aliphatic heterocycles. The Kier molecular flexibility index (Phi) is 6.24. The third kappa shape index (κ3) is 5.06. The van der Waals surface area contributed by atoms with E-state index in [1.54, 1.807) is 41.9 Å². The van der Waals surface area contributed by atoms with Crippen molar-refractivity contribution in [1.82, 2.24) is 24.5 Å². The molecule has 0 aliphatic rings. The van der Waals surface area contributed by atoms with Gasteiger partial charge >= 0.3 is 6.01 Å². The van der Waals surface area contributed by atoms with E-state index in [1.807, 2.05) is 36.4 Å². The first kappa shape index (κ1) is 24.3. The van der Waals surface area contributed by atoms with Crippen LogP contribution in [0.3, 0.4) is 0 Å². The zero-order valence-electron chi connectivity index (χ0n) is 20.2. The number of rotatable bonds is 6. The van der Waals surface area contributed by atoms with Crippen LogP contribution in [-0.4, -0.2) is 24.5 Å². The summed E-state index contributed by atoms with van der Waals surface area (Å²) in [5.74, 6) is 0.670. The number of para-hydroxylation sites is 1. The van der Waals surface area contributed by atoms with Crippen LogP contribution in [0.1, 0.15) is 5.56 Å². The fourth-order valence-electron chi connectivity index (χ4n) is 3.88. The number of halogens is 1. The molecule has 39 heavy (non-hydrogen) atoms. The first-order valence-electron chi connectivity index (χ1n) is 11.6. The van der Waals surface area contributed by atoms with E-state index in [-0.39, 0.29) is 23.5 Å². The molecule has 0 spiro atoms. The lowest BCUT2D eigenvalue weighted by Gasteiger charge is -2.12. The van der Waals surface area contributed by atoms with Gasteiger partial charge in [-0.15, -0.1) is 0 Å². The van der Waals surface area contributed by atoms with Gasteiger partial charge in [0, 0.05) is 29.2 Å².